The van der Waals surface area contributed by atoms with E-state index in [1.165, 1.54) is 0 Å². The van der Waals surface area contributed by atoms with Crippen LogP contribution in [0.5, 0.6) is 5.75 Å². The Morgan fingerprint density at radius 2 is 1.53 bits per heavy atom. The Morgan fingerprint density at radius 3 is 2.09 bits per heavy atom. The molecule has 0 atom stereocenters. The topological polar surface area (TPSA) is 79.5 Å². The molecule has 3 rings (SSSR count). The number of nitrogens with one attached hydrogen (secondary N) is 3. The number of carbonyl (C=O) groups excluding carboxylic acids is 2. The van der Waals surface area contributed by atoms with Crippen molar-refractivity contribution in [3.05, 3.63) is 99.5 Å². The van der Waals surface area contributed by atoms with Crippen LogP contribution >= 0.6 is 39.7 Å². The largest absolute Gasteiger partial charge is 0.482 e. The molecule has 6 nitrogen and oxygen atoms in total. The predicted molar refractivity (Wildman–Crippen MR) is 131 cm³/mol. The first-order valence-electron chi connectivity index (χ1n) is 9.51. The standard InChI is InChI=1S/C23H19BrClN3O3S/c24-17-11-12-19(18(25)13-17)31-14-20(29)26-23(32)28-27-22(30)21(15-7-3-1-4-8-15)16-9-5-2-6-10-16/h1-13,21H,14H2,(H,27,30)(H2,26,28,29,32). The summed E-state index contributed by atoms with van der Waals surface area (Å²) in [6.45, 7) is -0.298. The molecule has 0 aliphatic heterocycles. The zero-order valence-electron chi connectivity index (χ0n) is 16.7. The quantitative estimate of drug-likeness (QED) is 0.325. The summed E-state index contributed by atoms with van der Waals surface area (Å²) in [6, 6.07) is 23.8. The molecule has 9 heteroatoms. The number of thiocarbonyl (C=S) groups is 1. The van der Waals surface area contributed by atoms with E-state index in [4.69, 9.17) is 28.6 Å². The molecule has 3 aromatic rings. The third-order valence-electron chi connectivity index (χ3n) is 4.33. The summed E-state index contributed by atoms with van der Waals surface area (Å²) in [5, 5.41) is 2.75. The van der Waals surface area contributed by atoms with E-state index in [0.717, 1.165) is 15.6 Å². The molecule has 0 spiro atoms. The lowest BCUT2D eigenvalue weighted by Gasteiger charge is -2.19. The third-order valence-corrected chi connectivity index (χ3v) is 5.33. The van der Waals surface area contributed by atoms with Crippen LogP contribution in [-0.2, 0) is 9.59 Å². The zero-order valence-corrected chi connectivity index (χ0v) is 19.8. The minimum Gasteiger partial charge on any atom is -0.482 e. The molecule has 0 saturated heterocycles. The molecule has 0 radical (unpaired) electrons. The Kier molecular flexibility index (Phi) is 8.61. The van der Waals surface area contributed by atoms with Crippen LogP contribution in [0.2, 0.25) is 5.02 Å². The number of amides is 2. The summed E-state index contributed by atoms with van der Waals surface area (Å²) >= 11 is 14.5. The van der Waals surface area contributed by atoms with E-state index in [1.54, 1.807) is 18.2 Å². The second kappa shape index (κ2) is 11.6. The first-order valence-corrected chi connectivity index (χ1v) is 11.1. The molecule has 0 aromatic heterocycles. The molecule has 0 heterocycles. The van der Waals surface area contributed by atoms with Crippen molar-refractivity contribution in [3.63, 3.8) is 0 Å². The van der Waals surface area contributed by atoms with Gasteiger partial charge in [0.15, 0.2) is 11.7 Å². The van der Waals surface area contributed by atoms with Gasteiger partial charge >= 0.3 is 0 Å². The van der Waals surface area contributed by atoms with Gasteiger partial charge in [0.2, 0.25) is 5.91 Å². The average molecular weight is 533 g/mol. The van der Waals surface area contributed by atoms with Crippen LogP contribution in [0.1, 0.15) is 17.0 Å². The van der Waals surface area contributed by atoms with Gasteiger partial charge in [0.05, 0.1) is 10.9 Å². The Bertz CT molecular complexity index is 1060. The van der Waals surface area contributed by atoms with Crippen molar-refractivity contribution in [3.8, 4) is 5.75 Å². The molecule has 0 unspecified atom stereocenters. The Labute approximate surface area is 204 Å². The van der Waals surface area contributed by atoms with Gasteiger partial charge in [-0.3, -0.25) is 25.8 Å². The summed E-state index contributed by atoms with van der Waals surface area (Å²) in [4.78, 5) is 25.0. The van der Waals surface area contributed by atoms with E-state index >= 15 is 0 Å². The normalized spacial score (nSPS) is 10.3. The third kappa shape index (κ3) is 6.78. The predicted octanol–water partition coefficient (Wildman–Crippen LogP) is 4.34. The maximum atomic E-state index is 12.9. The van der Waals surface area contributed by atoms with Gasteiger partial charge in [-0.1, -0.05) is 88.2 Å². The molecule has 0 bridgehead atoms. The number of rotatable bonds is 6. The highest BCUT2D eigenvalue weighted by molar-refractivity contribution is 9.10. The van der Waals surface area contributed by atoms with Crippen molar-refractivity contribution in [2.75, 3.05) is 6.61 Å². The number of hydrogen-bond donors (Lipinski definition) is 3. The van der Waals surface area contributed by atoms with Gasteiger partial charge in [0.1, 0.15) is 5.75 Å². The number of carbonyl (C=O) groups is 2. The maximum Gasteiger partial charge on any atom is 0.264 e. The summed E-state index contributed by atoms with van der Waals surface area (Å²) in [5.74, 6) is -1.01. The molecule has 3 N–H and O–H groups in total. The molecule has 2 amide bonds. The van der Waals surface area contributed by atoms with Crippen LogP contribution in [0.25, 0.3) is 0 Å². The van der Waals surface area contributed by atoms with Gasteiger partial charge in [0.25, 0.3) is 5.91 Å². The second-order valence-corrected chi connectivity index (χ2v) is 8.34. The fourth-order valence-corrected chi connectivity index (χ4v) is 3.80. The van der Waals surface area contributed by atoms with Gasteiger partial charge in [-0.05, 0) is 41.5 Å². The molecule has 32 heavy (non-hydrogen) atoms. The molecule has 0 aliphatic rings. The van der Waals surface area contributed by atoms with Crippen LogP contribution in [-0.4, -0.2) is 23.5 Å². The molecule has 3 aromatic carbocycles. The van der Waals surface area contributed by atoms with E-state index in [0.29, 0.717) is 10.8 Å². The monoisotopic (exact) mass is 531 g/mol. The first kappa shape index (κ1) is 23.7. The highest BCUT2D eigenvalue weighted by Crippen LogP contribution is 2.27. The Hall–Kier alpha value is -2.94. The van der Waals surface area contributed by atoms with Crippen LogP contribution in [0, 0.1) is 0 Å². The molecule has 0 aliphatic carbocycles. The Balaban J connectivity index is 1.54. The van der Waals surface area contributed by atoms with E-state index in [1.807, 2.05) is 60.7 Å². The lowest BCUT2D eigenvalue weighted by molar-refractivity contribution is -0.123. The maximum absolute atomic E-state index is 12.9. The van der Waals surface area contributed by atoms with Gasteiger partial charge in [-0.2, -0.15) is 0 Å². The SMILES string of the molecule is O=C(COc1ccc(Br)cc1Cl)NC(=S)NNC(=O)C(c1ccccc1)c1ccccc1. The fourth-order valence-electron chi connectivity index (χ4n) is 2.91. The number of hydrogen-bond acceptors (Lipinski definition) is 4. The van der Waals surface area contributed by atoms with E-state index in [-0.39, 0.29) is 17.6 Å². The summed E-state index contributed by atoms with van der Waals surface area (Å²) in [6.07, 6.45) is 0. The van der Waals surface area contributed by atoms with Crippen molar-refractivity contribution in [1.29, 1.82) is 0 Å². The minimum absolute atomic E-state index is 0.0614. The number of benzene rings is 3. The highest BCUT2D eigenvalue weighted by atomic mass is 79.9. The van der Waals surface area contributed by atoms with Gasteiger partial charge < -0.3 is 4.74 Å². The van der Waals surface area contributed by atoms with E-state index in [2.05, 4.69) is 32.1 Å². The summed E-state index contributed by atoms with van der Waals surface area (Å²) in [7, 11) is 0. The van der Waals surface area contributed by atoms with Crippen molar-refractivity contribution in [1.82, 2.24) is 16.2 Å². The van der Waals surface area contributed by atoms with Crippen LogP contribution in [0.4, 0.5) is 0 Å². The van der Waals surface area contributed by atoms with E-state index < -0.39 is 11.8 Å². The first-order chi connectivity index (χ1) is 15.4. The molecule has 0 saturated carbocycles. The molecule has 164 valence electrons. The van der Waals surface area contributed by atoms with Crippen LogP contribution in [0.15, 0.2) is 83.3 Å². The molecular formula is C23H19BrClN3O3S. The number of hydrazine groups is 1. The van der Waals surface area contributed by atoms with Crippen molar-refractivity contribution >= 4 is 56.7 Å². The summed E-state index contributed by atoms with van der Waals surface area (Å²) in [5.41, 5.74) is 6.78. The van der Waals surface area contributed by atoms with Gasteiger partial charge in [-0.15, -0.1) is 0 Å². The van der Waals surface area contributed by atoms with Crippen LogP contribution < -0.4 is 20.9 Å². The zero-order chi connectivity index (χ0) is 22.9. The van der Waals surface area contributed by atoms with Gasteiger partial charge in [-0.25, -0.2) is 0 Å². The number of halogens is 2. The second-order valence-electron chi connectivity index (χ2n) is 6.61. The van der Waals surface area contributed by atoms with Crippen molar-refractivity contribution < 1.29 is 14.3 Å². The van der Waals surface area contributed by atoms with Crippen LogP contribution in [0.3, 0.4) is 0 Å². The lowest BCUT2D eigenvalue weighted by atomic mass is 9.91. The fraction of sp³-hybridized carbons (Fsp3) is 0.0870. The minimum atomic E-state index is -0.550. The van der Waals surface area contributed by atoms with Crippen molar-refractivity contribution in [2.45, 2.75) is 5.92 Å². The highest BCUT2D eigenvalue weighted by Gasteiger charge is 2.22. The van der Waals surface area contributed by atoms with Crippen molar-refractivity contribution in [2.24, 2.45) is 0 Å². The molecular weight excluding hydrogens is 514 g/mol. The average Bonchev–Trinajstić information content (AvgIpc) is 2.79. The smallest absolute Gasteiger partial charge is 0.264 e. The van der Waals surface area contributed by atoms with Gasteiger partial charge in [0, 0.05) is 4.47 Å². The summed E-state index contributed by atoms with van der Waals surface area (Å²) < 4.78 is 6.19. The van der Waals surface area contributed by atoms with E-state index in [9.17, 15) is 9.59 Å². The Morgan fingerprint density at radius 1 is 0.938 bits per heavy atom. The molecule has 0 fully saturated rings. The lowest BCUT2D eigenvalue weighted by Crippen LogP contribution is -2.50. The number of ether oxygens (including phenoxy) is 1.